The van der Waals surface area contributed by atoms with Gasteiger partial charge in [-0.3, -0.25) is 0 Å². The van der Waals surface area contributed by atoms with E-state index >= 15 is 0 Å². The highest BCUT2D eigenvalue weighted by molar-refractivity contribution is 5.89. The Morgan fingerprint density at radius 1 is 0.864 bits per heavy atom. The van der Waals surface area contributed by atoms with Gasteiger partial charge in [-0.15, -0.1) is 0 Å². The van der Waals surface area contributed by atoms with Crippen LogP contribution in [0.4, 0.5) is 4.79 Å². The fraction of sp³-hybridized carbons (Fsp3) is 0.361. The summed E-state index contributed by atoms with van der Waals surface area (Å²) < 4.78 is 20.8. The molecule has 8 heteroatoms. The first-order valence-electron chi connectivity index (χ1n) is 15.1. The van der Waals surface area contributed by atoms with Gasteiger partial charge >= 0.3 is 18.0 Å². The number of para-hydroxylation sites is 1. The Balaban J connectivity index is 1.38. The summed E-state index contributed by atoms with van der Waals surface area (Å²) in [5, 5.41) is 0. The van der Waals surface area contributed by atoms with Crippen LogP contribution in [0.3, 0.4) is 0 Å². The number of hydrogen-bond donors (Lipinski definition) is 0. The van der Waals surface area contributed by atoms with Gasteiger partial charge in [0.1, 0.15) is 12.4 Å². The predicted molar refractivity (Wildman–Crippen MR) is 169 cm³/mol. The van der Waals surface area contributed by atoms with Crippen molar-refractivity contribution in [3.63, 3.8) is 0 Å². The molecule has 232 valence electrons. The molecule has 8 nitrogen and oxygen atoms in total. The molecule has 0 aliphatic carbocycles. The first kappa shape index (κ1) is 32.3. The second-order valence-electron chi connectivity index (χ2n) is 10.8. The Labute approximate surface area is 259 Å². The Morgan fingerprint density at radius 3 is 2.16 bits per heavy atom. The van der Waals surface area contributed by atoms with Crippen molar-refractivity contribution in [2.45, 2.75) is 38.5 Å². The van der Waals surface area contributed by atoms with Crippen LogP contribution in [-0.2, 0) is 27.1 Å². The summed E-state index contributed by atoms with van der Waals surface area (Å²) in [6.07, 6.45) is 9.47. The minimum atomic E-state index is -0.351. The van der Waals surface area contributed by atoms with Gasteiger partial charge in [0.25, 0.3) is 0 Å². The van der Waals surface area contributed by atoms with Crippen molar-refractivity contribution in [1.82, 2.24) is 4.90 Å². The third-order valence-corrected chi connectivity index (χ3v) is 7.69. The molecule has 1 heterocycles. The summed E-state index contributed by atoms with van der Waals surface area (Å²) >= 11 is 0. The van der Waals surface area contributed by atoms with E-state index in [0.717, 1.165) is 67.5 Å². The van der Waals surface area contributed by atoms with Gasteiger partial charge in [-0.1, -0.05) is 54.6 Å². The highest BCUT2D eigenvalue weighted by Crippen LogP contribution is 2.24. The first-order valence-corrected chi connectivity index (χ1v) is 15.1. The Kier molecular flexibility index (Phi) is 12.4. The molecule has 3 aromatic rings. The zero-order valence-corrected chi connectivity index (χ0v) is 25.5. The number of amides is 1. The third-order valence-electron chi connectivity index (χ3n) is 7.69. The van der Waals surface area contributed by atoms with Crippen molar-refractivity contribution in [1.29, 1.82) is 0 Å². The van der Waals surface area contributed by atoms with Gasteiger partial charge in [0.15, 0.2) is 0 Å². The molecule has 3 aromatic carbocycles. The minimum absolute atomic E-state index is 0.213. The third kappa shape index (κ3) is 9.73. The second kappa shape index (κ2) is 16.9. The molecule has 0 spiro atoms. The molecule has 1 fully saturated rings. The zero-order valence-electron chi connectivity index (χ0n) is 25.5. The number of carbonyl (C=O) groups excluding carboxylic acids is 3. The standard InChI is InChI=1S/C36H41NO7/c1-41-34(38)31-18-12-27(13-19-31)10-11-28(26-29-15-20-32(21-16-29)35(39)42-2)14-17-30-8-4-5-9-33(30)43-24-7-3-6-22-37-23-25-44-36(37)40/h4-5,8-9,12-21,28H,3,6-7,10-11,22-26H2,1-2H3. The van der Waals surface area contributed by atoms with Crippen LogP contribution < -0.4 is 4.74 Å². The molecule has 1 saturated heterocycles. The Bertz CT molecular complexity index is 1400. The van der Waals surface area contributed by atoms with Crippen LogP contribution in [0.5, 0.6) is 5.75 Å². The minimum Gasteiger partial charge on any atom is -0.493 e. The number of hydrogen-bond acceptors (Lipinski definition) is 7. The second-order valence-corrected chi connectivity index (χ2v) is 10.8. The molecule has 1 atom stereocenters. The lowest BCUT2D eigenvalue weighted by Crippen LogP contribution is -2.25. The highest BCUT2D eigenvalue weighted by atomic mass is 16.6. The summed E-state index contributed by atoms with van der Waals surface area (Å²) in [7, 11) is 2.76. The molecular weight excluding hydrogens is 558 g/mol. The normalized spacial score (nSPS) is 13.5. The molecule has 1 aliphatic rings. The largest absolute Gasteiger partial charge is 0.493 e. The van der Waals surface area contributed by atoms with E-state index in [-0.39, 0.29) is 23.9 Å². The van der Waals surface area contributed by atoms with E-state index in [4.69, 9.17) is 18.9 Å². The van der Waals surface area contributed by atoms with E-state index in [9.17, 15) is 14.4 Å². The van der Waals surface area contributed by atoms with Crippen molar-refractivity contribution < 1.29 is 33.3 Å². The summed E-state index contributed by atoms with van der Waals surface area (Å²) in [6, 6.07) is 23.1. The number of allylic oxidation sites excluding steroid dienone is 1. The molecule has 1 amide bonds. The van der Waals surface area contributed by atoms with E-state index in [1.54, 1.807) is 29.2 Å². The Hall–Kier alpha value is -4.59. The van der Waals surface area contributed by atoms with Crippen LogP contribution in [-0.4, -0.2) is 63.5 Å². The average Bonchev–Trinajstić information content (AvgIpc) is 3.48. The smallest absolute Gasteiger partial charge is 0.409 e. The summed E-state index contributed by atoms with van der Waals surface area (Å²) in [6.45, 7) is 2.49. The number of cyclic esters (lactones) is 1. The molecule has 4 rings (SSSR count). The lowest BCUT2D eigenvalue weighted by molar-refractivity contribution is 0.0592. The number of benzene rings is 3. The number of aryl methyl sites for hydroxylation is 1. The summed E-state index contributed by atoms with van der Waals surface area (Å²) in [5.41, 5.74) is 4.34. The van der Waals surface area contributed by atoms with Crippen LogP contribution >= 0.6 is 0 Å². The van der Waals surface area contributed by atoms with E-state index in [1.807, 2.05) is 42.5 Å². The topological polar surface area (TPSA) is 91.4 Å². The molecule has 1 aliphatic heterocycles. The predicted octanol–water partition coefficient (Wildman–Crippen LogP) is 6.77. The van der Waals surface area contributed by atoms with Crippen molar-refractivity contribution in [3.05, 3.63) is 107 Å². The zero-order chi connectivity index (χ0) is 31.1. The van der Waals surface area contributed by atoms with Crippen molar-refractivity contribution in [2.24, 2.45) is 5.92 Å². The maximum Gasteiger partial charge on any atom is 0.409 e. The number of rotatable bonds is 16. The van der Waals surface area contributed by atoms with E-state index in [0.29, 0.717) is 30.9 Å². The monoisotopic (exact) mass is 599 g/mol. The van der Waals surface area contributed by atoms with Gasteiger partial charge < -0.3 is 23.8 Å². The highest BCUT2D eigenvalue weighted by Gasteiger charge is 2.20. The first-order chi connectivity index (χ1) is 21.5. The molecule has 44 heavy (non-hydrogen) atoms. The maximum atomic E-state index is 11.9. The molecule has 0 N–H and O–H groups in total. The number of carbonyl (C=O) groups is 3. The number of unbranched alkanes of at least 4 members (excludes halogenated alkanes) is 2. The fourth-order valence-corrected chi connectivity index (χ4v) is 5.12. The molecule has 1 unspecified atom stereocenters. The lowest BCUT2D eigenvalue weighted by atomic mass is 9.91. The van der Waals surface area contributed by atoms with Gasteiger partial charge in [0.05, 0.1) is 38.5 Å². The summed E-state index contributed by atoms with van der Waals surface area (Å²) in [5.74, 6) is 0.356. The van der Waals surface area contributed by atoms with Gasteiger partial charge in [0.2, 0.25) is 0 Å². The Morgan fingerprint density at radius 2 is 1.52 bits per heavy atom. The molecule has 0 radical (unpaired) electrons. The van der Waals surface area contributed by atoms with Crippen molar-refractivity contribution in [2.75, 3.05) is 40.5 Å². The number of nitrogens with zero attached hydrogens (tertiary/aromatic N) is 1. The quantitative estimate of drug-likeness (QED) is 0.102. The number of methoxy groups -OCH3 is 2. The van der Waals surface area contributed by atoms with Crippen molar-refractivity contribution in [3.8, 4) is 5.75 Å². The van der Waals surface area contributed by atoms with Gasteiger partial charge in [-0.05, 0) is 85.9 Å². The number of ether oxygens (including phenoxy) is 4. The molecular formula is C36H41NO7. The summed E-state index contributed by atoms with van der Waals surface area (Å²) in [4.78, 5) is 37.0. The maximum absolute atomic E-state index is 11.9. The molecule has 0 aromatic heterocycles. The lowest BCUT2D eigenvalue weighted by Gasteiger charge is -2.15. The number of esters is 2. The fourth-order valence-electron chi connectivity index (χ4n) is 5.12. The van der Waals surface area contributed by atoms with Gasteiger partial charge in [-0.25, -0.2) is 14.4 Å². The molecule has 0 bridgehead atoms. The van der Waals surface area contributed by atoms with E-state index in [2.05, 4.69) is 18.2 Å². The van der Waals surface area contributed by atoms with Gasteiger partial charge in [-0.2, -0.15) is 0 Å². The van der Waals surface area contributed by atoms with E-state index < -0.39 is 0 Å². The van der Waals surface area contributed by atoms with Crippen LogP contribution in [0.15, 0.2) is 78.9 Å². The van der Waals surface area contributed by atoms with Crippen LogP contribution in [0.2, 0.25) is 0 Å². The SMILES string of the molecule is COC(=O)c1ccc(CCC(C=Cc2ccccc2OCCCCCN2CCOC2=O)Cc2ccc(C(=O)OC)cc2)cc1. The van der Waals surface area contributed by atoms with E-state index in [1.165, 1.54) is 14.2 Å². The molecule has 0 saturated carbocycles. The van der Waals surface area contributed by atoms with Crippen LogP contribution in [0.25, 0.3) is 6.08 Å². The van der Waals surface area contributed by atoms with Crippen LogP contribution in [0.1, 0.15) is 63.1 Å². The average molecular weight is 600 g/mol. The van der Waals surface area contributed by atoms with Gasteiger partial charge in [0, 0.05) is 12.1 Å². The van der Waals surface area contributed by atoms with Crippen molar-refractivity contribution >= 4 is 24.1 Å². The van der Waals surface area contributed by atoms with Crippen LogP contribution in [0, 0.1) is 5.92 Å².